The molecular formula is C26H30N2O6. The molecule has 0 radical (unpaired) electrons. The SMILES string of the molecule is O=C(CC1CCCCC1NC(=O)OCC1c2ccccc2-c2ccccc21)N[C@@H](CO)C(=O)O. The molecule has 3 atom stereocenters. The third kappa shape index (κ3) is 5.22. The van der Waals surface area contributed by atoms with Crippen LogP contribution in [0.2, 0.25) is 0 Å². The molecule has 0 saturated heterocycles. The normalized spacial score (nSPS) is 20.0. The number of amides is 2. The third-order valence-electron chi connectivity index (χ3n) is 6.82. The van der Waals surface area contributed by atoms with Gasteiger partial charge < -0.3 is 25.6 Å². The maximum absolute atomic E-state index is 12.7. The first-order valence-corrected chi connectivity index (χ1v) is 11.7. The van der Waals surface area contributed by atoms with Gasteiger partial charge in [0.1, 0.15) is 12.6 Å². The number of aliphatic carboxylic acids is 1. The van der Waals surface area contributed by atoms with Gasteiger partial charge in [-0.25, -0.2) is 9.59 Å². The number of fused-ring (bicyclic) bond motifs is 3. The number of benzene rings is 2. The smallest absolute Gasteiger partial charge is 0.407 e. The van der Waals surface area contributed by atoms with Crippen LogP contribution in [0.4, 0.5) is 4.79 Å². The van der Waals surface area contributed by atoms with Gasteiger partial charge in [-0.15, -0.1) is 0 Å². The molecule has 4 N–H and O–H groups in total. The summed E-state index contributed by atoms with van der Waals surface area (Å²) >= 11 is 0. The molecule has 0 aliphatic heterocycles. The number of rotatable bonds is 8. The van der Waals surface area contributed by atoms with Gasteiger partial charge in [0.25, 0.3) is 0 Å². The Morgan fingerprint density at radius 2 is 1.59 bits per heavy atom. The van der Waals surface area contributed by atoms with E-state index in [0.717, 1.165) is 47.9 Å². The van der Waals surface area contributed by atoms with E-state index in [4.69, 9.17) is 14.9 Å². The van der Waals surface area contributed by atoms with Crippen molar-refractivity contribution in [3.63, 3.8) is 0 Å². The Bertz CT molecular complexity index is 1010. The molecule has 8 heteroatoms. The van der Waals surface area contributed by atoms with Gasteiger partial charge in [-0.3, -0.25) is 4.79 Å². The molecule has 4 rings (SSSR count). The summed E-state index contributed by atoms with van der Waals surface area (Å²) in [6.07, 6.45) is 2.91. The van der Waals surface area contributed by atoms with Gasteiger partial charge in [-0.2, -0.15) is 0 Å². The summed E-state index contributed by atoms with van der Waals surface area (Å²) in [6.45, 7) is -0.457. The zero-order chi connectivity index (χ0) is 24.1. The highest BCUT2D eigenvalue weighted by Crippen LogP contribution is 2.44. The lowest BCUT2D eigenvalue weighted by atomic mass is 9.82. The second kappa shape index (κ2) is 10.7. The second-order valence-electron chi connectivity index (χ2n) is 8.97. The molecule has 0 bridgehead atoms. The van der Waals surface area contributed by atoms with Crippen molar-refractivity contribution in [2.45, 2.75) is 50.1 Å². The summed E-state index contributed by atoms with van der Waals surface area (Å²) in [6, 6.07) is 14.7. The van der Waals surface area contributed by atoms with E-state index in [1.165, 1.54) is 0 Å². The van der Waals surface area contributed by atoms with Gasteiger partial charge in [-0.05, 0) is 41.0 Å². The standard InChI is InChI=1S/C26H30N2O6/c29-14-23(25(31)32)27-24(30)13-16-7-1-6-12-22(16)28-26(33)34-15-21-19-10-4-2-8-17(19)18-9-3-5-11-20(18)21/h2-5,8-11,16,21-23,29H,1,6-7,12-15H2,(H,27,30)(H,28,33)(H,31,32)/t16?,22?,23-/m0/s1. The van der Waals surface area contributed by atoms with E-state index in [1.807, 2.05) is 24.3 Å². The second-order valence-corrected chi connectivity index (χ2v) is 8.97. The van der Waals surface area contributed by atoms with Crippen LogP contribution in [-0.4, -0.2) is 53.5 Å². The monoisotopic (exact) mass is 466 g/mol. The minimum absolute atomic E-state index is 0.0301. The van der Waals surface area contributed by atoms with Crippen molar-refractivity contribution in [3.05, 3.63) is 59.7 Å². The number of alkyl carbamates (subject to hydrolysis) is 1. The van der Waals surface area contributed by atoms with Crippen LogP contribution in [0.25, 0.3) is 11.1 Å². The number of carbonyl (C=O) groups excluding carboxylic acids is 2. The summed E-state index contributed by atoms with van der Waals surface area (Å²) in [5.74, 6) is -1.89. The fraction of sp³-hybridized carbons (Fsp3) is 0.423. The van der Waals surface area contributed by atoms with E-state index in [-0.39, 0.29) is 30.9 Å². The molecule has 0 spiro atoms. The maximum atomic E-state index is 12.7. The molecule has 0 heterocycles. The average molecular weight is 467 g/mol. The van der Waals surface area contributed by atoms with Gasteiger partial charge in [0, 0.05) is 18.4 Å². The molecule has 2 aliphatic rings. The summed E-state index contributed by atoms with van der Waals surface area (Å²) in [5.41, 5.74) is 4.60. The number of aliphatic hydroxyl groups excluding tert-OH is 1. The molecule has 2 aromatic carbocycles. The van der Waals surface area contributed by atoms with Crippen molar-refractivity contribution >= 4 is 18.0 Å². The number of hydrogen-bond acceptors (Lipinski definition) is 5. The lowest BCUT2D eigenvalue weighted by Crippen LogP contribution is -2.47. The minimum Gasteiger partial charge on any atom is -0.480 e. The average Bonchev–Trinajstić information content (AvgIpc) is 3.16. The van der Waals surface area contributed by atoms with Gasteiger partial charge >= 0.3 is 12.1 Å². The first-order chi connectivity index (χ1) is 16.5. The highest BCUT2D eigenvalue weighted by Gasteiger charge is 2.32. The van der Waals surface area contributed by atoms with E-state index >= 15 is 0 Å². The van der Waals surface area contributed by atoms with Crippen LogP contribution in [0.3, 0.4) is 0 Å². The zero-order valence-electron chi connectivity index (χ0n) is 18.9. The molecule has 1 fully saturated rings. The van der Waals surface area contributed by atoms with Gasteiger partial charge in [0.05, 0.1) is 6.61 Å². The van der Waals surface area contributed by atoms with Crippen molar-refractivity contribution < 1.29 is 29.3 Å². The Balaban J connectivity index is 1.35. The number of carbonyl (C=O) groups is 3. The zero-order valence-corrected chi connectivity index (χ0v) is 18.9. The molecule has 8 nitrogen and oxygen atoms in total. The molecule has 2 aliphatic carbocycles. The van der Waals surface area contributed by atoms with Crippen LogP contribution in [0.5, 0.6) is 0 Å². The fourth-order valence-corrected chi connectivity index (χ4v) is 5.11. The predicted molar refractivity (Wildman–Crippen MR) is 125 cm³/mol. The molecule has 2 unspecified atom stereocenters. The van der Waals surface area contributed by atoms with Crippen LogP contribution in [0.1, 0.15) is 49.1 Å². The Hall–Kier alpha value is -3.39. The highest BCUT2D eigenvalue weighted by molar-refractivity contribution is 5.84. The van der Waals surface area contributed by atoms with E-state index < -0.39 is 30.6 Å². The van der Waals surface area contributed by atoms with Gasteiger partial charge in [0.15, 0.2) is 0 Å². The van der Waals surface area contributed by atoms with Crippen LogP contribution >= 0.6 is 0 Å². The molecule has 0 aromatic heterocycles. The Labute approximate surface area is 198 Å². The third-order valence-corrected chi connectivity index (χ3v) is 6.82. The van der Waals surface area contributed by atoms with Crippen LogP contribution < -0.4 is 10.6 Å². The Kier molecular flexibility index (Phi) is 7.47. The fourth-order valence-electron chi connectivity index (χ4n) is 5.11. The number of ether oxygens (including phenoxy) is 1. The Morgan fingerprint density at radius 1 is 0.971 bits per heavy atom. The molecule has 180 valence electrons. The lowest BCUT2D eigenvalue weighted by Gasteiger charge is -2.32. The Morgan fingerprint density at radius 3 is 2.21 bits per heavy atom. The molecular weight excluding hydrogens is 436 g/mol. The van der Waals surface area contributed by atoms with Crippen molar-refractivity contribution in [3.8, 4) is 11.1 Å². The first-order valence-electron chi connectivity index (χ1n) is 11.7. The summed E-state index contributed by atoms with van der Waals surface area (Å²) in [7, 11) is 0. The van der Waals surface area contributed by atoms with Crippen molar-refractivity contribution in [1.29, 1.82) is 0 Å². The summed E-state index contributed by atoms with van der Waals surface area (Å²) < 4.78 is 5.65. The predicted octanol–water partition coefficient (Wildman–Crippen LogP) is 3.04. The van der Waals surface area contributed by atoms with Crippen LogP contribution in [0.15, 0.2) is 48.5 Å². The maximum Gasteiger partial charge on any atom is 0.407 e. The van der Waals surface area contributed by atoms with E-state index in [0.29, 0.717) is 0 Å². The van der Waals surface area contributed by atoms with E-state index in [9.17, 15) is 14.4 Å². The van der Waals surface area contributed by atoms with Gasteiger partial charge in [-0.1, -0.05) is 61.4 Å². The number of carboxylic acids is 1. The first kappa shape index (κ1) is 23.8. The number of hydrogen-bond donors (Lipinski definition) is 4. The van der Waals surface area contributed by atoms with Crippen molar-refractivity contribution in [2.24, 2.45) is 5.92 Å². The molecule has 1 saturated carbocycles. The summed E-state index contributed by atoms with van der Waals surface area (Å²) in [4.78, 5) is 36.1. The summed E-state index contributed by atoms with van der Waals surface area (Å²) in [5, 5.41) is 23.4. The molecule has 2 aromatic rings. The van der Waals surface area contributed by atoms with E-state index in [1.54, 1.807) is 0 Å². The van der Waals surface area contributed by atoms with Crippen molar-refractivity contribution in [2.75, 3.05) is 13.2 Å². The largest absolute Gasteiger partial charge is 0.480 e. The van der Waals surface area contributed by atoms with E-state index in [2.05, 4.69) is 34.9 Å². The van der Waals surface area contributed by atoms with Gasteiger partial charge in [0.2, 0.25) is 5.91 Å². The van der Waals surface area contributed by atoms with Crippen LogP contribution in [-0.2, 0) is 14.3 Å². The lowest BCUT2D eigenvalue weighted by molar-refractivity contribution is -0.143. The quantitative estimate of drug-likeness (QED) is 0.474. The minimum atomic E-state index is -1.33. The number of nitrogens with one attached hydrogen (secondary N) is 2. The number of carboxylic acid groups (broad SMARTS) is 1. The number of aliphatic hydroxyl groups is 1. The van der Waals surface area contributed by atoms with Crippen molar-refractivity contribution in [1.82, 2.24) is 10.6 Å². The molecule has 2 amide bonds. The topological polar surface area (TPSA) is 125 Å². The molecule has 34 heavy (non-hydrogen) atoms. The highest BCUT2D eigenvalue weighted by atomic mass is 16.5. The van der Waals surface area contributed by atoms with Crippen LogP contribution in [0, 0.1) is 5.92 Å².